The fourth-order valence-electron chi connectivity index (χ4n) is 6.35. The van der Waals surface area contributed by atoms with Crippen LogP contribution in [0.25, 0.3) is 52.9 Å². The number of benzene rings is 4. The van der Waals surface area contributed by atoms with Crippen molar-refractivity contribution in [3.63, 3.8) is 0 Å². The Bertz CT molecular complexity index is 1870. The summed E-state index contributed by atoms with van der Waals surface area (Å²) >= 11 is 1.87. The molecule has 6 rings (SSSR count). The van der Waals surface area contributed by atoms with Crippen molar-refractivity contribution in [2.24, 2.45) is 0 Å². The van der Waals surface area contributed by atoms with E-state index in [4.69, 9.17) is 4.42 Å². The third-order valence-corrected chi connectivity index (χ3v) is 10.0. The van der Waals surface area contributed by atoms with Gasteiger partial charge in [-0.3, -0.25) is 0 Å². The van der Waals surface area contributed by atoms with Crippen molar-refractivity contribution < 1.29 is 4.42 Å². The summed E-state index contributed by atoms with van der Waals surface area (Å²) in [7, 11) is 0. The molecule has 0 spiro atoms. The molecular weight excluding hydrogens is 553 g/mol. The zero-order valence-corrected chi connectivity index (χ0v) is 27.3. The molecule has 0 amide bonds. The zero-order chi connectivity index (χ0) is 30.1. The summed E-state index contributed by atoms with van der Waals surface area (Å²) in [5, 5.41) is 7.37. The van der Waals surface area contributed by atoms with Gasteiger partial charge in [0, 0.05) is 65.7 Å². The highest BCUT2D eigenvalue weighted by molar-refractivity contribution is 7.26. The molecule has 0 bridgehead atoms. The number of furan rings is 1. The standard InChI is InChI=1S/C42H44OS/c1-3-5-7-9-11-13-15-17-19-31-21-23-33-35-25-28-38-36(41(35)43-39(33)29-31)26-27-37-34-24-22-32(30-40(34)44-42(37)38)20-18-16-14-12-10-8-6-4-2/h21-30H,3-16H2,1-2H3. The van der Waals surface area contributed by atoms with Crippen LogP contribution >= 0.6 is 11.3 Å². The Morgan fingerprint density at radius 3 is 1.68 bits per heavy atom. The van der Waals surface area contributed by atoms with Gasteiger partial charge in [0.1, 0.15) is 11.2 Å². The molecule has 1 nitrogen and oxygen atoms in total. The number of hydrogen-bond acceptors (Lipinski definition) is 2. The highest BCUT2D eigenvalue weighted by atomic mass is 32.1. The number of unbranched alkanes of at least 4 members (excludes halogenated alkanes) is 12. The molecule has 44 heavy (non-hydrogen) atoms. The Labute approximate surface area is 267 Å². The fraction of sp³-hybridized carbons (Fsp3) is 0.381. The van der Waals surface area contributed by atoms with Gasteiger partial charge < -0.3 is 4.42 Å². The van der Waals surface area contributed by atoms with E-state index in [-0.39, 0.29) is 0 Å². The van der Waals surface area contributed by atoms with Gasteiger partial charge in [0.2, 0.25) is 0 Å². The van der Waals surface area contributed by atoms with Crippen molar-refractivity contribution in [1.29, 1.82) is 0 Å². The van der Waals surface area contributed by atoms with Crippen LogP contribution in [-0.4, -0.2) is 0 Å². The van der Waals surface area contributed by atoms with Crippen LogP contribution in [0.5, 0.6) is 0 Å². The van der Waals surface area contributed by atoms with Crippen molar-refractivity contribution in [3.05, 3.63) is 71.8 Å². The van der Waals surface area contributed by atoms with E-state index in [0.29, 0.717) is 0 Å². The molecule has 4 aromatic carbocycles. The maximum absolute atomic E-state index is 6.54. The predicted octanol–water partition coefficient (Wildman–Crippen LogP) is 13.3. The third-order valence-electron chi connectivity index (χ3n) is 8.85. The molecule has 0 atom stereocenters. The first-order valence-electron chi connectivity index (χ1n) is 17.0. The van der Waals surface area contributed by atoms with Crippen molar-refractivity contribution in [2.45, 2.75) is 104 Å². The van der Waals surface area contributed by atoms with E-state index < -0.39 is 0 Å². The number of fused-ring (bicyclic) bond motifs is 9. The molecule has 0 aliphatic carbocycles. The van der Waals surface area contributed by atoms with E-state index in [1.165, 1.54) is 113 Å². The van der Waals surface area contributed by atoms with Crippen molar-refractivity contribution in [2.75, 3.05) is 0 Å². The highest BCUT2D eigenvalue weighted by Crippen LogP contribution is 2.42. The van der Waals surface area contributed by atoms with Crippen LogP contribution in [-0.2, 0) is 0 Å². The van der Waals surface area contributed by atoms with Crippen LogP contribution in [0, 0.1) is 23.7 Å². The summed E-state index contributed by atoms with van der Waals surface area (Å²) < 4.78 is 9.16. The Balaban J connectivity index is 1.22. The molecule has 0 fully saturated rings. The fourth-order valence-corrected chi connectivity index (χ4v) is 7.61. The number of thiophene rings is 1. The first-order chi connectivity index (χ1) is 21.8. The molecule has 2 aromatic heterocycles. The van der Waals surface area contributed by atoms with Crippen molar-refractivity contribution in [3.8, 4) is 23.7 Å². The molecule has 0 aliphatic heterocycles. The maximum Gasteiger partial charge on any atom is 0.143 e. The number of rotatable bonds is 12. The Morgan fingerprint density at radius 2 is 1.02 bits per heavy atom. The maximum atomic E-state index is 6.54. The van der Waals surface area contributed by atoms with Crippen LogP contribution in [0.3, 0.4) is 0 Å². The minimum atomic E-state index is 0.916. The van der Waals surface area contributed by atoms with Crippen molar-refractivity contribution >= 4 is 64.2 Å². The number of hydrogen-bond donors (Lipinski definition) is 0. The molecule has 0 radical (unpaired) electrons. The second-order valence-corrected chi connectivity index (χ2v) is 13.3. The smallest absolute Gasteiger partial charge is 0.143 e. The van der Waals surface area contributed by atoms with Gasteiger partial charge in [-0.2, -0.15) is 0 Å². The minimum Gasteiger partial charge on any atom is -0.455 e. The average Bonchev–Trinajstić information content (AvgIpc) is 3.61. The van der Waals surface area contributed by atoms with Crippen LogP contribution in [0.4, 0.5) is 0 Å². The lowest BCUT2D eigenvalue weighted by Crippen LogP contribution is -1.78. The van der Waals surface area contributed by atoms with E-state index in [9.17, 15) is 0 Å². The van der Waals surface area contributed by atoms with E-state index in [1.54, 1.807) is 0 Å². The van der Waals surface area contributed by atoms with Gasteiger partial charge in [0.15, 0.2) is 0 Å². The highest BCUT2D eigenvalue weighted by Gasteiger charge is 2.14. The Hall–Kier alpha value is -3.72. The molecule has 0 unspecified atom stereocenters. The summed E-state index contributed by atoms with van der Waals surface area (Å²) in [6, 6.07) is 22.2. The topological polar surface area (TPSA) is 13.1 Å². The van der Waals surface area contributed by atoms with Gasteiger partial charge in [0.25, 0.3) is 0 Å². The van der Waals surface area contributed by atoms with Crippen LogP contribution in [0.15, 0.2) is 65.1 Å². The third kappa shape index (κ3) is 6.83. The molecule has 0 aliphatic rings. The lowest BCUT2D eigenvalue weighted by atomic mass is 10.0. The molecule has 6 aromatic rings. The zero-order valence-electron chi connectivity index (χ0n) is 26.5. The minimum absolute atomic E-state index is 0.916. The van der Waals surface area contributed by atoms with Crippen LogP contribution in [0.1, 0.15) is 115 Å². The molecule has 0 saturated heterocycles. The molecular formula is C42H44OS. The van der Waals surface area contributed by atoms with E-state index in [2.05, 4.69) is 98.2 Å². The summed E-state index contributed by atoms with van der Waals surface area (Å²) in [6.45, 7) is 4.53. The molecule has 2 heterocycles. The molecule has 0 N–H and O–H groups in total. The monoisotopic (exact) mass is 596 g/mol. The van der Waals surface area contributed by atoms with E-state index in [0.717, 1.165) is 40.5 Å². The van der Waals surface area contributed by atoms with Gasteiger partial charge in [-0.05, 0) is 55.3 Å². The van der Waals surface area contributed by atoms with Gasteiger partial charge >= 0.3 is 0 Å². The summed E-state index contributed by atoms with van der Waals surface area (Å²) in [5.74, 6) is 13.6. The van der Waals surface area contributed by atoms with Gasteiger partial charge in [-0.15, -0.1) is 11.3 Å². The average molecular weight is 597 g/mol. The Kier molecular flexibility index (Phi) is 10.2. The summed E-state index contributed by atoms with van der Waals surface area (Å²) in [6.07, 6.45) is 17.6. The van der Waals surface area contributed by atoms with Crippen LogP contribution < -0.4 is 0 Å². The summed E-state index contributed by atoms with van der Waals surface area (Å²) in [4.78, 5) is 0. The second kappa shape index (κ2) is 14.8. The van der Waals surface area contributed by atoms with Gasteiger partial charge in [-0.25, -0.2) is 0 Å². The first kappa shape index (κ1) is 30.3. The normalized spacial score (nSPS) is 11.4. The summed E-state index contributed by atoms with van der Waals surface area (Å²) in [5.41, 5.74) is 4.03. The SMILES string of the molecule is CCCCCCCCC#Cc1ccc2c(c1)oc1c2ccc2c1ccc1c3ccc(C#CCCCCCCCC)cc3sc12. The Morgan fingerprint density at radius 1 is 0.523 bits per heavy atom. The predicted molar refractivity (Wildman–Crippen MR) is 194 cm³/mol. The van der Waals surface area contributed by atoms with Crippen LogP contribution in [0.2, 0.25) is 0 Å². The molecule has 0 saturated carbocycles. The first-order valence-corrected chi connectivity index (χ1v) is 17.8. The molecule has 2 heteroatoms. The molecule has 224 valence electrons. The van der Waals surface area contributed by atoms with Gasteiger partial charge in [-0.1, -0.05) is 120 Å². The lowest BCUT2D eigenvalue weighted by molar-refractivity contribution is 0.614. The largest absolute Gasteiger partial charge is 0.455 e. The van der Waals surface area contributed by atoms with E-state index in [1.807, 2.05) is 11.3 Å². The quantitative estimate of drug-likeness (QED) is 0.101. The second-order valence-electron chi connectivity index (χ2n) is 12.2. The lowest BCUT2D eigenvalue weighted by Gasteiger charge is -2.01. The van der Waals surface area contributed by atoms with Gasteiger partial charge in [0.05, 0.1) is 0 Å². The van der Waals surface area contributed by atoms with E-state index >= 15 is 0 Å². The van der Waals surface area contributed by atoms with Crippen molar-refractivity contribution in [1.82, 2.24) is 0 Å².